The first kappa shape index (κ1) is 19.0. The van der Waals surface area contributed by atoms with Gasteiger partial charge in [0.1, 0.15) is 0 Å². The smallest absolute Gasteiger partial charge is 0.462 e. The van der Waals surface area contributed by atoms with Crippen LogP contribution < -0.4 is 5.32 Å². The van der Waals surface area contributed by atoms with Crippen LogP contribution >= 0.6 is 11.6 Å². The van der Waals surface area contributed by atoms with Crippen LogP contribution in [0.5, 0.6) is 0 Å². The first-order valence-electron chi connectivity index (χ1n) is 8.27. The molecular weight excluding hydrogens is 366 g/mol. The van der Waals surface area contributed by atoms with Gasteiger partial charge < -0.3 is 19.8 Å². The Labute approximate surface area is 161 Å². The molecule has 1 aromatic heterocycles. The molecule has 0 fully saturated rings. The predicted molar refractivity (Wildman–Crippen MR) is 102 cm³/mol. The summed E-state index contributed by atoms with van der Waals surface area (Å²) in [6.07, 6.45) is 1.60. The molecule has 27 heavy (non-hydrogen) atoms. The molecule has 0 saturated heterocycles. The molecule has 1 heterocycles. The van der Waals surface area contributed by atoms with Crippen molar-refractivity contribution in [3.8, 4) is 6.07 Å². The molecule has 136 valence electrons. The fourth-order valence-corrected chi connectivity index (χ4v) is 3.13. The van der Waals surface area contributed by atoms with E-state index in [0.717, 1.165) is 5.39 Å². The molecule has 3 rings (SSSR count). The zero-order valence-electron chi connectivity index (χ0n) is 14.2. The molecule has 3 aromatic rings. The van der Waals surface area contributed by atoms with Crippen LogP contribution in [0.2, 0.25) is 5.02 Å². The maximum atomic E-state index is 12.4. The molecule has 3 N–H and O–H groups in total. The normalized spacial score (nSPS) is 11.8. The summed E-state index contributed by atoms with van der Waals surface area (Å²) in [6.45, 7) is 0. The largest absolute Gasteiger partial charge is 0.475 e. The molecule has 1 atom stereocenters. The van der Waals surface area contributed by atoms with Crippen molar-refractivity contribution in [2.24, 2.45) is 0 Å². The first-order chi connectivity index (χ1) is 13.0. The number of amides is 1. The van der Waals surface area contributed by atoms with Gasteiger partial charge in [0, 0.05) is 5.39 Å². The van der Waals surface area contributed by atoms with Crippen molar-refractivity contribution in [3.05, 3.63) is 70.4 Å². The summed E-state index contributed by atoms with van der Waals surface area (Å²) in [6, 6.07) is 14.1. The lowest BCUT2D eigenvalue weighted by Gasteiger charge is -2.17. The topological polar surface area (TPSA) is 106 Å². The number of furan rings is 1. The van der Waals surface area contributed by atoms with E-state index >= 15 is 0 Å². The number of nitrogens with one attached hydrogen (secondary N) is 1. The van der Waals surface area contributed by atoms with Gasteiger partial charge >= 0.3 is 7.12 Å². The number of carbonyl (C=O) groups excluding carboxylic acids is 1. The standard InChI is InChI=1S/C19H16BClN2O4/c21-16-7-3-6-15-14(11-27-19(15)16)8-17(20(25)26)23-18(24)9-12-4-1-2-5-13(12)10-22/h1-7,11,17,25-26H,8-9H2,(H,23,24). The molecule has 0 saturated carbocycles. The second kappa shape index (κ2) is 8.27. The molecule has 0 aliphatic heterocycles. The highest BCUT2D eigenvalue weighted by Gasteiger charge is 2.27. The van der Waals surface area contributed by atoms with Gasteiger partial charge in [-0.15, -0.1) is 0 Å². The Morgan fingerprint density at radius 3 is 2.74 bits per heavy atom. The number of carbonyl (C=O) groups is 1. The molecule has 0 spiro atoms. The highest BCUT2D eigenvalue weighted by molar-refractivity contribution is 6.43. The number of halogens is 1. The average molecular weight is 383 g/mol. The van der Waals surface area contributed by atoms with E-state index in [0.29, 0.717) is 27.3 Å². The molecule has 6 nitrogen and oxygen atoms in total. The lowest BCUT2D eigenvalue weighted by atomic mass is 9.75. The Morgan fingerprint density at radius 1 is 1.22 bits per heavy atom. The molecule has 0 aliphatic carbocycles. The number of rotatable bonds is 6. The van der Waals surface area contributed by atoms with Gasteiger partial charge in [-0.25, -0.2) is 0 Å². The van der Waals surface area contributed by atoms with E-state index in [-0.39, 0.29) is 12.8 Å². The lowest BCUT2D eigenvalue weighted by Crippen LogP contribution is -2.48. The Morgan fingerprint density at radius 2 is 2.00 bits per heavy atom. The van der Waals surface area contributed by atoms with Crippen LogP contribution in [0.4, 0.5) is 0 Å². The highest BCUT2D eigenvalue weighted by atomic mass is 35.5. The fraction of sp³-hybridized carbons (Fsp3) is 0.158. The number of benzene rings is 2. The fourth-order valence-electron chi connectivity index (χ4n) is 2.92. The molecule has 1 amide bonds. The summed E-state index contributed by atoms with van der Waals surface area (Å²) in [5, 5.41) is 32.3. The molecular formula is C19H16BClN2O4. The van der Waals surface area contributed by atoms with Gasteiger partial charge in [-0.2, -0.15) is 5.26 Å². The summed E-state index contributed by atoms with van der Waals surface area (Å²) in [5.74, 6) is -1.35. The van der Waals surface area contributed by atoms with Crippen molar-refractivity contribution in [3.63, 3.8) is 0 Å². The third-order valence-electron chi connectivity index (χ3n) is 4.27. The quantitative estimate of drug-likeness (QED) is 0.567. The van der Waals surface area contributed by atoms with Gasteiger partial charge in [-0.3, -0.25) is 4.79 Å². The van der Waals surface area contributed by atoms with Crippen molar-refractivity contribution in [2.75, 3.05) is 0 Å². The lowest BCUT2D eigenvalue weighted by molar-refractivity contribution is -0.120. The van der Waals surface area contributed by atoms with Gasteiger partial charge in [0.05, 0.1) is 35.3 Å². The van der Waals surface area contributed by atoms with Crippen molar-refractivity contribution >= 4 is 35.6 Å². The number of fused-ring (bicyclic) bond motifs is 1. The van der Waals surface area contributed by atoms with Crippen LogP contribution in [-0.4, -0.2) is 29.0 Å². The Balaban J connectivity index is 1.75. The maximum Gasteiger partial charge on any atom is 0.475 e. The van der Waals surface area contributed by atoms with Gasteiger partial charge in [-0.1, -0.05) is 41.9 Å². The monoisotopic (exact) mass is 382 g/mol. The Bertz CT molecular complexity index is 1010. The van der Waals surface area contributed by atoms with Crippen LogP contribution in [-0.2, 0) is 17.6 Å². The zero-order valence-corrected chi connectivity index (χ0v) is 15.0. The van der Waals surface area contributed by atoms with E-state index in [4.69, 9.17) is 21.3 Å². The van der Waals surface area contributed by atoms with Crippen LogP contribution in [0.1, 0.15) is 16.7 Å². The van der Waals surface area contributed by atoms with Crippen molar-refractivity contribution < 1.29 is 19.3 Å². The van der Waals surface area contributed by atoms with E-state index in [1.807, 2.05) is 12.1 Å². The summed E-state index contributed by atoms with van der Waals surface area (Å²) < 4.78 is 5.45. The third kappa shape index (κ3) is 4.31. The van der Waals surface area contributed by atoms with Gasteiger partial charge in [0.15, 0.2) is 5.58 Å². The van der Waals surface area contributed by atoms with E-state index in [2.05, 4.69) is 5.32 Å². The second-order valence-corrected chi connectivity index (χ2v) is 6.52. The van der Waals surface area contributed by atoms with Crippen molar-refractivity contribution in [1.29, 1.82) is 5.26 Å². The molecule has 8 heteroatoms. The minimum atomic E-state index is -1.76. The predicted octanol–water partition coefficient (Wildman–Crippen LogP) is 2.24. The van der Waals surface area contributed by atoms with Crippen LogP contribution in [0.15, 0.2) is 53.1 Å². The summed E-state index contributed by atoms with van der Waals surface area (Å²) in [7, 11) is -1.76. The molecule has 1 unspecified atom stereocenters. The number of nitriles is 1. The average Bonchev–Trinajstić information content (AvgIpc) is 3.06. The Kier molecular flexibility index (Phi) is 5.82. The molecule has 0 aliphatic rings. The van der Waals surface area contributed by atoms with Gasteiger partial charge in [0.2, 0.25) is 5.91 Å². The minimum absolute atomic E-state index is 0.0368. The second-order valence-electron chi connectivity index (χ2n) is 6.11. The van der Waals surface area contributed by atoms with Crippen molar-refractivity contribution in [1.82, 2.24) is 5.32 Å². The van der Waals surface area contributed by atoms with E-state index in [9.17, 15) is 14.8 Å². The number of hydrogen-bond acceptors (Lipinski definition) is 5. The SMILES string of the molecule is N#Cc1ccccc1CC(=O)NC(Cc1coc2c(Cl)cccc12)B(O)O. The molecule has 2 aromatic carbocycles. The summed E-state index contributed by atoms with van der Waals surface area (Å²) in [5.41, 5.74) is 2.19. The van der Waals surface area contributed by atoms with Crippen molar-refractivity contribution in [2.45, 2.75) is 18.8 Å². The van der Waals surface area contributed by atoms with E-state index in [1.165, 1.54) is 6.26 Å². The molecule has 0 radical (unpaired) electrons. The van der Waals surface area contributed by atoms with Crippen LogP contribution in [0.25, 0.3) is 11.0 Å². The first-order valence-corrected chi connectivity index (χ1v) is 8.65. The third-order valence-corrected chi connectivity index (χ3v) is 4.56. The number of hydrogen-bond donors (Lipinski definition) is 3. The van der Waals surface area contributed by atoms with Crippen LogP contribution in [0, 0.1) is 11.3 Å². The maximum absolute atomic E-state index is 12.4. The zero-order chi connectivity index (χ0) is 19.4. The minimum Gasteiger partial charge on any atom is -0.462 e. The van der Waals surface area contributed by atoms with E-state index in [1.54, 1.807) is 36.4 Å². The number of nitrogens with zero attached hydrogens (tertiary/aromatic N) is 1. The molecule has 0 bridgehead atoms. The Hall–Kier alpha value is -2.79. The van der Waals surface area contributed by atoms with E-state index < -0.39 is 19.0 Å². The number of para-hydroxylation sites is 1. The van der Waals surface area contributed by atoms with Gasteiger partial charge in [-0.05, 0) is 29.7 Å². The summed E-state index contributed by atoms with van der Waals surface area (Å²) >= 11 is 6.08. The summed E-state index contributed by atoms with van der Waals surface area (Å²) in [4.78, 5) is 12.4. The van der Waals surface area contributed by atoms with Gasteiger partial charge in [0.25, 0.3) is 0 Å². The van der Waals surface area contributed by atoms with Crippen LogP contribution in [0.3, 0.4) is 0 Å². The highest BCUT2D eigenvalue weighted by Crippen LogP contribution is 2.28.